The van der Waals surface area contributed by atoms with Crippen molar-refractivity contribution in [3.8, 4) is 33.4 Å². The second kappa shape index (κ2) is 9.22. The van der Waals surface area contributed by atoms with E-state index in [0.717, 1.165) is 10.8 Å². The molecule has 0 fully saturated rings. The summed E-state index contributed by atoms with van der Waals surface area (Å²) in [5, 5.41) is 1.54. The Morgan fingerprint density at radius 3 is 1.52 bits per heavy atom. The lowest BCUT2D eigenvalue weighted by Gasteiger charge is -2.18. The van der Waals surface area contributed by atoms with Crippen LogP contribution >= 0.6 is 0 Å². The third-order valence-electron chi connectivity index (χ3n) is 7.19. The summed E-state index contributed by atoms with van der Waals surface area (Å²) in [5.41, 5.74) is 1.34. The summed E-state index contributed by atoms with van der Waals surface area (Å²) in [6, 6.07) is 11.6. The van der Waals surface area contributed by atoms with Crippen LogP contribution in [0, 0.1) is 0 Å². The maximum atomic E-state index is 9.20. The molecule has 8 aromatic carbocycles. The zero-order valence-electron chi connectivity index (χ0n) is 35.9. The number of benzene rings is 8. The quantitative estimate of drug-likeness (QED) is 0.203. The van der Waals surface area contributed by atoms with Gasteiger partial charge in [-0.1, -0.05) is 151 Å². The van der Waals surface area contributed by atoms with Crippen LogP contribution in [0.4, 0.5) is 0 Å². The Bertz CT molecular complexity index is 2940. The van der Waals surface area contributed by atoms with Crippen LogP contribution < -0.4 is 0 Å². The van der Waals surface area contributed by atoms with Crippen molar-refractivity contribution in [2.24, 2.45) is 0 Å². The molecule has 8 aromatic rings. The summed E-state index contributed by atoms with van der Waals surface area (Å²) in [6.45, 7) is 0. The van der Waals surface area contributed by atoms with Gasteiger partial charge in [0.05, 0.1) is 20.6 Å². The largest absolute Gasteiger partial charge is 0.0629 e. The first-order valence-electron chi connectivity index (χ1n) is 20.1. The maximum absolute atomic E-state index is 9.20. The van der Waals surface area contributed by atoms with Crippen LogP contribution in [0.1, 0.15) is 20.6 Å². The van der Waals surface area contributed by atoms with Crippen molar-refractivity contribution in [1.82, 2.24) is 0 Å². The highest BCUT2D eigenvalue weighted by molar-refractivity contribution is 6.21. The normalized spacial score (nSPS) is 16.8. The van der Waals surface area contributed by atoms with Crippen LogP contribution in [-0.2, 0) is 0 Å². The van der Waals surface area contributed by atoms with E-state index in [1.807, 2.05) is 36.4 Å². The van der Waals surface area contributed by atoms with Crippen molar-refractivity contribution in [3.63, 3.8) is 0 Å². The van der Waals surface area contributed by atoms with Crippen molar-refractivity contribution in [2.45, 2.75) is 0 Å². The third kappa shape index (κ3) is 3.61. The number of hydrogen-bond acceptors (Lipinski definition) is 0. The molecule has 0 heterocycles. The van der Waals surface area contributed by atoms with Gasteiger partial charge in [0.1, 0.15) is 0 Å². The Morgan fingerprint density at radius 1 is 0.350 bits per heavy atom. The summed E-state index contributed by atoms with van der Waals surface area (Å²) in [5.74, 6) is 0. The molecule has 0 aromatic heterocycles. The minimum atomic E-state index is -0.579. The number of fused-ring (bicyclic) bond motifs is 4. The van der Waals surface area contributed by atoms with Crippen molar-refractivity contribution < 1.29 is 20.6 Å². The fraction of sp³-hybridized carbons (Fsp3) is 0. The molecular weight excluding hydrogens is 480 g/mol. The van der Waals surface area contributed by atoms with Gasteiger partial charge >= 0.3 is 0 Å². The van der Waals surface area contributed by atoms with E-state index in [2.05, 4.69) is 0 Å². The van der Waals surface area contributed by atoms with Crippen LogP contribution in [0.25, 0.3) is 76.5 Å². The molecule has 0 atom stereocenters. The van der Waals surface area contributed by atoms with E-state index in [1.165, 1.54) is 24.3 Å². The second-order valence-corrected chi connectivity index (χ2v) is 9.39. The monoisotopic (exact) mass is 521 g/mol. The third-order valence-corrected chi connectivity index (χ3v) is 7.19. The lowest BCUT2D eigenvalue weighted by Crippen LogP contribution is -1.91. The van der Waals surface area contributed by atoms with E-state index in [4.69, 9.17) is 15.1 Å². The van der Waals surface area contributed by atoms with E-state index in [9.17, 15) is 5.48 Å². The maximum Gasteiger partial charge on any atom is 0.0629 e. The average molecular weight is 522 g/mol. The summed E-state index contributed by atoms with van der Waals surface area (Å²) in [4.78, 5) is 0. The molecule has 0 bridgehead atoms. The van der Waals surface area contributed by atoms with Gasteiger partial charge in [0, 0.05) is 0 Å². The Morgan fingerprint density at radius 2 is 0.850 bits per heavy atom. The van der Waals surface area contributed by atoms with E-state index >= 15 is 0 Å². The van der Waals surface area contributed by atoms with Crippen LogP contribution in [0.5, 0.6) is 0 Å². The Balaban J connectivity index is 1.53. The molecule has 8 rings (SSSR count). The Kier molecular flexibility index (Phi) is 2.84. The van der Waals surface area contributed by atoms with Gasteiger partial charge in [-0.25, -0.2) is 0 Å². The highest BCUT2D eigenvalue weighted by Crippen LogP contribution is 2.44. The predicted octanol–water partition coefficient (Wildman–Crippen LogP) is 11.3. The smallest absolute Gasteiger partial charge is 0.0616 e. The molecule has 0 nitrogen and oxygen atoms in total. The molecule has 0 aliphatic carbocycles. The van der Waals surface area contributed by atoms with Gasteiger partial charge in [-0.05, 0) is 82.5 Å². The standard InChI is InChI=1S/C40H26/c1-2-12-31-26-32(25-20-27(31)10-1)40-37-17-7-5-15-35(37)39(36-16-6-8-18-38(36)40)30-23-21-29(22-24-30)34-19-9-13-28-11-3-4-14-33(28)34/h1-26H/i3D,4D,5D,6D,7D,8D,9D,11D,13D,14D,15D,16D,17D,18D,19D. The van der Waals surface area contributed by atoms with E-state index in [-0.39, 0.29) is 54.6 Å². The molecule has 0 radical (unpaired) electrons. The molecule has 0 aliphatic rings. The van der Waals surface area contributed by atoms with E-state index in [0.29, 0.717) is 11.1 Å². The van der Waals surface area contributed by atoms with Gasteiger partial charge in [-0.15, -0.1) is 0 Å². The molecular formula is C40H26. The summed E-state index contributed by atoms with van der Waals surface area (Å²) in [6.07, 6.45) is 0. The van der Waals surface area contributed by atoms with Gasteiger partial charge in [-0.2, -0.15) is 0 Å². The van der Waals surface area contributed by atoms with Crippen molar-refractivity contribution in [1.29, 1.82) is 0 Å². The van der Waals surface area contributed by atoms with Crippen LogP contribution in [0.2, 0.25) is 0 Å². The molecule has 0 amide bonds. The Hall–Kier alpha value is -5.20. The summed E-state index contributed by atoms with van der Waals surface area (Å²) >= 11 is 0. The van der Waals surface area contributed by atoms with Gasteiger partial charge in [0.25, 0.3) is 0 Å². The average Bonchev–Trinajstić information content (AvgIpc) is 3.19. The first-order valence-corrected chi connectivity index (χ1v) is 12.6. The highest BCUT2D eigenvalue weighted by atomic mass is 14.2. The van der Waals surface area contributed by atoms with Crippen molar-refractivity contribution >= 4 is 43.1 Å². The van der Waals surface area contributed by atoms with Crippen LogP contribution in [0.15, 0.2) is 157 Å². The zero-order valence-corrected chi connectivity index (χ0v) is 20.9. The minimum Gasteiger partial charge on any atom is -0.0616 e. The molecule has 40 heavy (non-hydrogen) atoms. The van der Waals surface area contributed by atoms with Crippen molar-refractivity contribution in [3.05, 3.63) is 157 Å². The zero-order chi connectivity index (χ0) is 39.5. The van der Waals surface area contributed by atoms with Gasteiger partial charge in [0.2, 0.25) is 0 Å². The lowest BCUT2D eigenvalue weighted by molar-refractivity contribution is 1.63. The molecule has 0 N–H and O–H groups in total. The van der Waals surface area contributed by atoms with Gasteiger partial charge < -0.3 is 0 Å². The predicted molar refractivity (Wildman–Crippen MR) is 173 cm³/mol. The molecule has 0 spiro atoms. The first-order chi connectivity index (χ1) is 26.1. The molecule has 0 aliphatic heterocycles. The van der Waals surface area contributed by atoms with Gasteiger partial charge in [-0.3, -0.25) is 0 Å². The molecule has 0 unspecified atom stereocenters. The van der Waals surface area contributed by atoms with E-state index < -0.39 is 90.6 Å². The van der Waals surface area contributed by atoms with Gasteiger partial charge in [0.15, 0.2) is 0 Å². The lowest BCUT2D eigenvalue weighted by atomic mass is 9.85. The van der Waals surface area contributed by atoms with Crippen molar-refractivity contribution in [2.75, 3.05) is 0 Å². The first kappa shape index (κ1) is 12.3. The number of rotatable bonds is 3. The molecule has 186 valence electrons. The molecule has 0 heteroatoms. The fourth-order valence-corrected chi connectivity index (χ4v) is 5.38. The minimum absolute atomic E-state index is 0.0141. The summed E-state index contributed by atoms with van der Waals surface area (Å²) < 4.78 is 131. The summed E-state index contributed by atoms with van der Waals surface area (Å²) in [7, 11) is 0. The topological polar surface area (TPSA) is 0 Å². The fourth-order valence-electron chi connectivity index (χ4n) is 5.38. The SMILES string of the molecule is [2H]c1c([2H])c([2H])c2c(-c3ccc(-c4c5c([2H])c([2H])c([2H])c([2H])c5c(-c5ccc6ccccc6c5)c5c([2H])c([2H])c([2H])c([2H])c45)cc3)c([2H])c([2H])c([2H])c2c1[2H]. The van der Waals surface area contributed by atoms with Crippen LogP contribution in [-0.4, -0.2) is 0 Å². The highest BCUT2D eigenvalue weighted by Gasteiger charge is 2.17. The number of hydrogen-bond donors (Lipinski definition) is 0. The molecule has 0 saturated heterocycles. The van der Waals surface area contributed by atoms with E-state index in [1.54, 1.807) is 6.07 Å². The van der Waals surface area contributed by atoms with Crippen LogP contribution in [0.3, 0.4) is 0 Å². The second-order valence-electron chi connectivity index (χ2n) is 9.39. The Labute approximate surface area is 254 Å². The molecule has 0 saturated carbocycles.